The lowest BCUT2D eigenvalue weighted by molar-refractivity contribution is 0.104. The standard InChI is InChI=1S/C14H28N4/c1-5-6-16-14(3,12-15)11-13(2)18-9-7-17(4)8-10-18/h13,16H,5-11H2,1-4H3. The zero-order valence-corrected chi connectivity index (χ0v) is 12.4. The van der Waals surface area contributed by atoms with E-state index in [1.54, 1.807) is 0 Å². The molecule has 104 valence electrons. The molecule has 0 spiro atoms. The lowest BCUT2D eigenvalue weighted by Crippen LogP contribution is -2.52. The third kappa shape index (κ3) is 4.56. The highest BCUT2D eigenvalue weighted by Crippen LogP contribution is 2.17. The van der Waals surface area contributed by atoms with Gasteiger partial charge in [0, 0.05) is 32.2 Å². The summed E-state index contributed by atoms with van der Waals surface area (Å²) in [6.45, 7) is 11.8. The van der Waals surface area contributed by atoms with Gasteiger partial charge in [0.25, 0.3) is 0 Å². The number of piperazine rings is 1. The van der Waals surface area contributed by atoms with Gasteiger partial charge in [0.05, 0.1) is 6.07 Å². The Balaban J connectivity index is 2.46. The van der Waals surface area contributed by atoms with Crippen LogP contribution in [0.5, 0.6) is 0 Å². The molecule has 1 saturated heterocycles. The van der Waals surface area contributed by atoms with Crippen LogP contribution in [0.2, 0.25) is 0 Å². The summed E-state index contributed by atoms with van der Waals surface area (Å²) in [5, 5.41) is 12.7. The molecule has 1 aliphatic rings. The van der Waals surface area contributed by atoms with Crippen LogP contribution in [-0.2, 0) is 0 Å². The monoisotopic (exact) mass is 252 g/mol. The fourth-order valence-electron chi connectivity index (χ4n) is 2.54. The predicted octanol–water partition coefficient (Wildman–Crippen LogP) is 1.29. The maximum atomic E-state index is 9.36. The van der Waals surface area contributed by atoms with Crippen LogP contribution in [-0.4, -0.2) is 61.2 Å². The summed E-state index contributed by atoms with van der Waals surface area (Å²) < 4.78 is 0. The van der Waals surface area contributed by atoms with Crippen LogP contribution in [0.1, 0.15) is 33.6 Å². The van der Waals surface area contributed by atoms with Gasteiger partial charge in [0.2, 0.25) is 0 Å². The number of nitrogens with one attached hydrogen (secondary N) is 1. The molecule has 0 radical (unpaired) electrons. The zero-order chi connectivity index (χ0) is 13.6. The molecule has 0 saturated carbocycles. The Labute approximate surface area is 112 Å². The van der Waals surface area contributed by atoms with Gasteiger partial charge in [-0.1, -0.05) is 6.92 Å². The number of hydrogen-bond acceptors (Lipinski definition) is 4. The molecule has 2 unspecified atom stereocenters. The van der Waals surface area contributed by atoms with E-state index in [4.69, 9.17) is 0 Å². The molecule has 4 heteroatoms. The van der Waals surface area contributed by atoms with Crippen LogP contribution in [0, 0.1) is 11.3 Å². The van der Waals surface area contributed by atoms with Crippen molar-refractivity contribution in [2.45, 2.75) is 45.2 Å². The van der Waals surface area contributed by atoms with E-state index < -0.39 is 5.54 Å². The van der Waals surface area contributed by atoms with Crippen molar-refractivity contribution < 1.29 is 0 Å². The minimum absolute atomic E-state index is 0.390. The highest BCUT2D eigenvalue weighted by molar-refractivity contribution is 5.05. The van der Waals surface area contributed by atoms with Crippen molar-refractivity contribution >= 4 is 0 Å². The van der Waals surface area contributed by atoms with Gasteiger partial charge in [-0.15, -0.1) is 0 Å². The van der Waals surface area contributed by atoms with E-state index in [1.807, 2.05) is 6.92 Å². The van der Waals surface area contributed by atoms with Crippen LogP contribution in [0.4, 0.5) is 0 Å². The van der Waals surface area contributed by atoms with Crippen molar-refractivity contribution in [3.05, 3.63) is 0 Å². The second kappa shape index (κ2) is 7.08. The Bertz CT molecular complexity index is 278. The van der Waals surface area contributed by atoms with Gasteiger partial charge in [-0.2, -0.15) is 5.26 Å². The van der Waals surface area contributed by atoms with E-state index in [0.29, 0.717) is 6.04 Å². The average molecular weight is 252 g/mol. The number of hydrogen-bond donors (Lipinski definition) is 1. The number of nitriles is 1. The lowest BCUT2D eigenvalue weighted by atomic mass is 9.94. The SMILES string of the molecule is CCCNC(C)(C#N)CC(C)N1CCN(C)CC1. The van der Waals surface area contributed by atoms with Crippen LogP contribution in [0.25, 0.3) is 0 Å². The Morgan fingerprint density at radius 1 is 1.33 bits per heavy atom. The summed E-state index contributed by atoms with van der Waals surface area (Å²) >= 11 is 0. The molecule has 2 atom stereocenters. The zero-order valence-electron chi connectivity index (χ0n) is 12.4. The van der Waals surface area contributed by atoms with Gasteiger partial charge >= 0.3 is 0 Å². The van der Waals surface area contributed by atoms with Crippen molar-refractivity contribution in [3.63, 3.8) is 0 Å². The first-order valence-electron chi connectivity index (χ1n) is 7.09. The highest BCUT2D eigenvalue weighted by Gasteiger charge is 2.29. The van der Waals surface area contributed by atoms with Gasteiger partial charge in [-0.25, -0.2) is 0 Å². The normalized spacial score (nSPS) is 23.3. The van der Waals surface area contributed by atoms with Gasteiger partial charge < -0.3 is 4.90 Å². The summed E-state index contributed by atoms with van der Waals surface area (Å²) in [5.41, 5.74) is -0.390. The molecule has 4 nitrogen and oxygen atoms in total. The summed E-state index contributed by atoms with van der Waals surface area (Å²) in [6.07, 6.45) is 1.97. The summed E-state index contributed by atoms with van der Waals surface area (Å²) in [4.78, 5) is 4.87. The smallest absolute Gasteiger partial charge is 0.105 e. The van der Waals surface area contributed by atoms with Gasteiger partial charge in [-0.3, -0.25) is 10.2 Å². The topological polar surface area (TPSA) is 42.3 Å². The summed E-state index contributed by atoms with van der Waals surface area (Å²) in [5.74, 6) is 0. The minimum Gasteiger partial charge on any atom is -0.304 e. The van der Waals surface area contributed by atoms with E-state index in [2.05, 4.69) is 42.1 Å². The molecule has 0 amide bonds. The van der Waals surface area contributed by atoms with Gasteiger partial charge in [0.15, 0.2) is 0 Å². The van der Waals surface area contributed by atoms with Gasteiger partial charge in [-0.05, 0) is 40.3 Å². The molecule has 1 aliphatic heterocycles. The fraction of sp³-hybridized carbons (Fsp3) is 0.929. The molecular formula is C14H28N4. The fourth-order valence-corrected chi connectivity index (χ4v) is 2.54. The van der Waals surface area contributed by atoms with Crippen LogP contribution < -0.4 is 5.32 Å². The largest absolute Gasteiger partial charge is 0.304 e. The second-order valence-electron chi connectivity index (χ2n) is 5.76. The highest BCUT2D eigenvalue weighted by atomic mass is 15.3. The van der Waals surface area contributed by atoms with Gasteiger partial charge in [0.1, 0.15) is 5.54 Å². The molecular weight excluding hydrogens is 224 g/mol. The average Bonchev–Trinajstić information content (AvgIpc) is 2.37. The third-order valence-electron chi connectivity index (χ3n) is 3.88. The first-order chi connectivity index (χ1) is 8.50. The molecule has 1 heterocycles. The molecule has 1 N–H and O–H groups in total. The van der Waals surface area contributed by atoms with Crippen molar-refractivity contribution in [1.29, 1.82) is 5.26 Å². The van der Waals surface area contributed by atoms with Crippen molar-refractivity contribution in [1.82, 2.24) is 15.1 Å². The number of nitrogens with zero attached hydrogens (tertiary/aromatic N) is 3. The lowest BCUT2D eigenvalue weighted by Gasteiger charge is -2.39. The van der Waals surface area contributed by atoms with Crippen LogP contribution in [0.3, 0.4) is 0 Å². The van der Waals surface area contributed by atoms with E-state index in [9.17, 15) is 5.26 Å². The first kappa shape index (κ1) is 15.4. The molecule has 0 bridgehead atoms. The van der Waals surface area contributed by atoms with Crippen LogP contribution in [0.15, 0.2) is 0 Å². The summed E-state index contributed by atoms with van der Waals surface area (Å²) in [6, 6.07) is 2.91. The Hall–Kier alpha value is -0.630. The maximum Gasteiger partial charge on any atom is 0.105 e. The Morgan fingerprint density at radius 2 is 1.94 bits per heavy atom. The minimum atomic E-state index is -0.390. The van der Waals surface area contributed by atoms with E-state index in [0.717, 1.165) is 45.6 Å². The quantitative estimate of drug-likeness (QED) is 0.773. The van der Waals surface area contributed by atoms with E-state index in [1.165, 1.54) is 0 Å². The molecule has 0 aromatic heterocycles. The molecule has 0 aliphatic carbocycles. The number of likely N-dealkylation sites (N-methyl/N-ethyl adjacent to an activating group) is 1. The second-order valence-corrected chi connectivity index (χ2v) is 5.76. The van der Waals surface area contributed by atoms with Crippen molar-refractivity contribution in [3.8, 4) is 6.07 Å². The van der Waals surface area contributed by atoms with E-state index >= 15 is 0 Å². The molecule has 1 fully saturated rings. The van der Waals surface area contributed by atoms with E-state index in [-0.39, 0.29) is 0 Å². The van der Waals surface area contributed by atoms with Crippen molar-refractivity contribution in [2.24, 2.45) is 0 Å². The Kier molecular flexibility index (Phi) is 6.07. The first-order valence-corrected chi connectivity index (χ1v) is 7.09. The predicted molar refractivity (Wildman–Crippen MR) is 75.5 cm³/mol. The molecule has 0 aromatic rings. The summed E-state index contributed by atoms with van der Waals surface area (Å²) in [7, 11) is 2.17. The molecule has 1 rings (SSSR count). The van der Waals surface area contributed by atoms with Crippen molar-refractivity contribution in [2.75, 3.05) is 39.8 Å². The number of rotatable bonds is 6. The maximum absolute atomic E-state index is 9.36. The molecule has 0 aromatic carbocycles. The Morgan fingerprint density at radius 3 is 2.44 bits per heavy atom. The third-order valence-corrected chi connectivity index (χ3v) is 3.88. The van der Waals surface area contributed by atoms with Crippen LogP contribution >= 0.6 is 0 Å². The molecule has 18 heavy (non-hydrogen) atoms.